The Balaban J connectivity index is 1.45. The molecule has 1 aliphatic carbocycles. The first-order chi connectivity index (χ1) is 17.3. The summed E-state index contributed by atoms with van der Waals surface area (Å²) in [6.45, 7) is 0. The molecule has 8 nitrogen and oxygen atoms in total. The number of halogens is 1. The van der Waals surface area contributed by atoms with Crippen LogP contribution in [0.4, 0.5) is 17.2 Å². The van der Waals surface area contributed by atoms with Crippen molar-refractivity contribution >= 4 is 49.9 Å². The molecule has 0 saturated heterocycles. The van der Waals surface area contributed by atoms with E-state index in [1.807, 2.05) is 54.6 Å². The predicted octanol–water partition coefficient (Wildman–Crippen LogP) is 5.50. The molecule has 3 aromatic carbocycles. The van der Waals surface area contributed by atoms with Gasteiger partial charge in [-0.15, -0.1) is 0 Å². The number of anilines is 3. The van der Waals surface area contributed by atoms with Gasteiger partial charge in [-0.3, -0.25) is 9.71 Å². The van der Waals surface area contributed by atoms with Crippen molar-refractivity contribution in [3.63, 3.8) is 0 Å². The van der Waals surface area contributed by atoms with Crippen molar-refractivity contribution in [1.82, 2.24) is 9.97 Å². The molecule has 0 radical (unpaired) electrons. The van der Waals surface area contributed by atoms with E-state index in [1.165, 1.54) is 13.3 Å². The molecule has 1 aliphatic rings. The van der Waals surface area contributed by atoms with E-state index in [2.05, 4.69) is 25.7 Å². The average Bonchev–Trinajstić information content (AvgIpc) is 3.68. The van der Waals surface area contributed by atoms with E-state index >= 15 is 0 Å². The molecule has 1 N–H and O–H groups in total. The maximum atomic E-state index is 11.5. The van der Waals surface area contributed by atoms with E-state index in [-0.39, 0.29) is 5.82 Å². The number of fused-ring (bicyclic) bond motifs is 1. The summed E-state index contributed by atoms with van der Waals surface area (Å²) >= 11 is 6.42. The van der Waals surface area contributed by atoms with E-state index in [9.17, 15) is 13.7 Å². The summed E-state index contributed by atoms with van der Waals surface area (Å²) in [5, 5.41) is 9.96. The molecule has 0 bridgehead atoms. The van der Waals surface area contributed by atoms with Gasteiger partial charge in [0.15, 0.2) is 11.6 Å². The number of methoxy groups -OCH3 is 1. The van der Waals surface area contributed by atoms with Crippen LogP contribution >= 0.6 is 11.6 Å². The lowest BCUT2D eigenvalue weighted by molar-refractivity contribution is 0.413. The van der Waals surface area contributed by atoms with Gasteiger partial charge in [0, 0.05) is 17.4 Å². The zero-order chi connectivity index (χ0) is 25.4. The Morgan fingerprint density at radius 1 is 1.06 bits per heavy atom. The second-order valence-electron chi connectivity index (χ2n) is 8.60. The molecular weight excluding hydrogens is 498 g/mol. The molecule has 0 atom stereocenters. The molecule has 1 aromatic heterocycles. The first kappa shape index (κ1) is 23.9. The molecule has 1 heterocycles. The molecule has 4 aromatic rings. The number of ether oxygens (including phenoxy) is 1. The molecule has 5 rings (SSSR count). The Labute approximate surface area is 214 Å². The van der Waals surface area contributed by atoms with Crippen molar-refractivity contribution in [3.8, 4) is 22.9 Å². The molecule has 0 spiro atoms. The fourth-order valence-corrected chi connectivity index (χ4v) is 4.93. The van der Waals surface area contributed by atoms with Gasteiger partial charge in [-0.25, -0.2) is 13.4 Å². The summed E-state index contributed by atoms with van der Waals surface area (Å²) in [5.74, 6) is 0.563. The second kappa shape index (κ2) is 9.30. The van der Waals surface area contributed by atoms with E-state index < -0.39 is 10.0 Å². The first-order valence-electron chi connectivity index (χ1n) is 11.2. The van der Waals surface area contributed by atoms with Crippen LogP contribution in [-0.2, 0) is 10.0 Å². The van der Waals surface area contributed by atoms with Crippen LogP contribution in [0.3, 0.4) is 0 Å². The standard InChI is InChI=1S/C26H22ClN5O3S/c1-35-26-18(14-28)11-21(13-22(26)27)32(20-8-9-20)19-6-3-16(4-7-19)17-5-10-23-24(12-17)29-15-25(30-23)31-36(2,33)34/h3-7,10-13,15,20H,8-9H2,1-2H3,(H,30,31). The number of rotatable bonds is 7. The lowest BCUT2D eigenvalue weighted by atomic mass is 10.0. The minimum Gasteiger partial charge on any atom is -0.494 e. The fourth-order valence-electron chi connectivity index (χ4n) is 4.16. The van der Waals surface area contributed by atoms with Crippen molar-refractivity contribution in [2.24, 2.45) is 0 Å². The molecule has 0 aliphatic heterocycles. The number of nitriles is 1. The topological polar surface area (TPSA) is 108 Å². The smallest absolute Gasteiger partial charge is 0.231 e. The van der Waals surface area contributed by atoms with Gasteiger partial charge in [0.05, 0.1) is 41.2 Å². The Bertz CT molecular complexity index is 1610. The van der Waals surface area contributed by atoms with E-state index in [0.717, 1.165) is 41.6 Å². The van der Waals surface area contributed by atoms with Crippen molar-refractivity contribution in [3.05, 3.63) is 71.4 Å². The maximum Gasteiger partial charge on any atom is 0.231 e. The monoisotopic (exact) mass is 519 g/mol. The van der Waals surface area contributed by atoms with Crippen molar-refractivity contribution in [2.45, 2.75) is 18.9 Å². The fraction of sp³-hybridized carbons (Fsp3) is 0.192. The van der Waals surface area contributed by atoms with E-state index in [1.54, 1.807) is 0 Å². The molecule has 36 heavy (non-hydrogen) atoms. The van der Waals surface area contributed by atoms with Crippen LogP contribution in [0.25, 0.3) is 22.2 Å². The number of hydrogen-bond acceptors (Lipinski definition) is 7. The number of hydrogen-bond donors (Lipinski definition) is 1. The number of benzene rings is 3. The molecule has 1 fully saturated rings. The number of sulfonamides is 1. The molecular formula is C26H22ClN5O3S. The molecule has 182 valence electrons. The number of nitrogens with zero attached hydrogens (tertiary/aromatic N) is 4. The number of nitrogens with one attached hydrogen (secondary N) is 1. The zero-order valence-corrected chi connectivity index (χ0v) is 21.1. The highest BCUT2D eigenvalue weighted by molar-refractivity contribution is 7.92. The van der Waals surface area contributed by atoms with Crippen LogP contribution in [0.1, 0.15) is 18.4 Å². The SMILES string of the molecule is COc1c(Cl)cc(N(c2ccc(-c3ccc4nc(NS(C)(=O)=O)cnc4c3)cc2)C2CC2)cc1C#N. The summed E-state index contributed by atoms with van der Waals surface area (Å²) in [6.07, 6.45) is 4.60. The van der Waals surface area contributed by atoms with Gasteiger partial charge < -0.3 is 9.64 Å². The predicted molar refractivity (Wildman–Crippen MR) is 141 cm³/mol. The lowest BCUT2D eigenvalue weighted by Gasteiger charge is -2.26. The highest BCUT2D eigenvalue weighted by Gasteiger charge is 2.31. The van der Waals surface area contributed by atoms with Crippen LogP contribution in [0, 0.1) is 11.3 Å². The first-order valence-corrected chi connectivity index (χ1v) is 13.4. The summed E-state index contributed by atoms with van der Waals surface area (Å²) in [4.78, 5) is 10.9. The largest absolute Gasteiger partial charge is 0.494 e. The Hall–Kier alpha value is -3.87. The van der Waals surface area contributed by atoms with Gasteiger partial charge in [0.2, 0.25) is 10.0 Å². The Morgan fingerprint density at radius 2 is 1.78 bits per heavy atom. The van der Waals surface area contributed by atoms with Crippen LogP contribution < -0.4 is 14.4 Å². The second-order valence-corrected chi connectivity index (χ2v) is 10.8. The highest BCUT2D eigenvalue weighted by atomic mass is 35.5. The zero-order valence-electron chi connectivity index (χ0n) is 19.6. The van der Waals surface area contributed by atoms with E-state index in [0.29, 0.717) is 33.4 Å². The summed E-state index contributed by atoms with van der Waals surface area (Å²) in [6, 6.07) is 20.0. The Kier molecular flexibility index (Phi) is 6.16. The van der Waals surface area contributed by atoms with Crippen molar-refractivity contribution < 1.29 is 13.2 Å². The average molecular weight is 520 g/mol. The van der Waals surface area contributed by atoms with Crippen molar-refractivity contribution in [2.75, 3.05) is 23.0 Å². The third-order valence-electron chi connectivity index (χ3n) is 5.85. The van der Waals surface area contributed by atoms with Crippen LogP contribution in [-0.4, -0.2) is 37.8 Å². The molecule has 0 amide bonds. The van der Waals surface area contributed by atoms with Gasteiger partial charge in [-0.1, -0.05) is 29.8 Å². The van der Waals surface area contributed by atoms with Gasteiger partial charge in [-0.05, 0) is 60.4 Å². The van der Waals surface area contributed by atoms with Crippen LogP contribution in [0.15, 0.2) is 60.8 Å². The van der Waals surface area contributed by atoms with Gasteiger partial charge in [0.25, 0.3) is 0 Å². The normalized spacial score (nSPS) is 13.3. The molecule has 10 heteroatoms. The highest BCUT2D eigenvalue weighted by Crippen LogP contribution is 2.42. The summed E-state index contributed by atoms with van der Waals surface area (Å²) in [5.41, 5.74) is 5.47. The quantitative estimate of drug-likeness (QED) is 0.343. The van der Waals surface area contributed by atoms with Gasteiger partial charge >= 0.3 is 0 Å². The van der Waals surface area contributed by atoms with Crippen molar-refractivity contribution in [1.29, 1.82) is 5.26 Å². The minimum atomic E-state index is -3.43. The maximum absolute atomic E-state index is 11.5. The third-order valence-corrected chi connectivity index (χ3v) is 6.71. The van der Waals surface area contributed by atoms with Gasteiger partial charge in [-0.2, -0.15) is 5.26 Å². The lowest BCUT2D eigenvalue weighted by Crippen LogP contribution is -2.19. The summed E-state index contributed by atoms with van der Waals surface area (Å²) < 4.78 is 30.5. The molecule has 0 unspecified atom stereocenters. The van der Waals surface area contributed by atoms with Crippen LogP contribution in [0.5, 0.6) is 5.75 Å². The minimum absolute atomic E-state index is 0.181. The van der Waals surface area contributed by atoms with E-state index in [4.69, 9.17) is 16.3 Å². The number of aromatic nitrogens is 2. The third kappa shape index (κ3) is 4.91. The van der Waals surface area contributed by atoms with Gasteiger partial charge in [0.1, 0.15) is 6.07 Å². The summed E-state index contributed by atoms with van der Waals surface area (Å²) in [7, 11) is -1.92. The molecule has 1 saturated carbocycles. The van der Waals surface area contributed by atoms with Crippen LogP contribution in [0.2, 0.25) is 5.02 Å². The Morgan fingerprint density at radius 3 is 2.42 bits per heavy atom.